The Bertz CT molecular complexity index is 560. The molecule has 1 saturated carbocycles. The monoisotopic (exact) mass is 288 g/mol. The first kappa shape index (κ1) is 13.2. The fourth-order valence-electron chi connectivity index (χ4n) is 2.43. The minimum absolute atomic E-state index is 0.183. The van der Waals surface area contributed by atoms with Gasteiger partial charge < -0.3 is 10.1 Å². The van der Waals surface area contributed by atoms with Crippen LogP contribution in [-0.4, -0.2) is 17.2 Å². The van der Waals surface area contributed by atoms with Gasteiger partial charge in [0.15, 0.2) is 5.17 Å². The Hall–Kier alpha value is -1.75. The third-order valence-electron chi connectivity index (χ3n) is 3.45. The molecule has 1 amide bonds. The van der Waals surface area contributed by atoms with Gasteiger partial charge in [0.2, 0.25) is 0 Å². The number of ether oxygens (including phenoxy) is 1. The molecule has 1 aliphatic heterocycles. The quantitative estimate of drug-likeness (QED) is 0.840. The van der Waals surface area contributed by atoms with E-state index in [0.717, 1.165) is 35.9 Å². The van der Waals surface area contributed by atoms with Crippen molar-refractivity contribution in [2.45, 2.75) is 31.8 Å². The van der Waals surface area contributed by atoms with Gasteiger partial charge in [-0.15, -0.1) is 0 Å². The van der Waals surface area contributed by atoms with Crippen LogP contribution < -0.4 is 10.1 Å². The van der Waals surface area contributed by atoms with E-state index in [2.05, 4.69) is 5.32 Å². The lowest BCUT2D eigenvalue weighted by Crippen LogP contribution is -2.18. The fraction of sp³-hybridized carbons (Fsp3) is 0.333. The molecule has 2 N–H and O–H groups in total. The van der Waals surface area contributed by atoms with Crippen molar-refractivity contribution in [3.63, 3.8) is 0 Å². The molecule has 0 aromatic heterocycles. The van der Waals surface area contributed by atoms with Crippen LogP contribution in [0.2, 0.25) is 0 Å². The van der Waals surface area contributed by atoms with Crippen molar-refractivity contribution in [2.75, 3.05) is 0 Å². The molecule has 0 bridgehead atoms. The lowest BCUT2D eigenvalue weighted by Gasteiger charge is -2.12. The number of benzene rings is 1. The van der Waals surface area contributed by atoms with Gasteiger partial charge in [-0.25, -0.2) is 0 Å². The highest BCUT2D eigenvalue weighted by atomic mass is 32.2. The van der Waals surface area contributed by atoms with Gasteiger partial charge in [-0.1, -0.05) is 12.1 Å². The topological polar surface area (TPSA) is 62.2 Å². The summed E-state index contributed by atoms with van der Waals surface area (Å²) >= 11 is 1.15. The first-order valence-electron chi connectivity index (χ1n) is 6.77. The minimum atomic E-state index is -0.203. The summed E-state index contributed by atoms with van der Waals surface area (Å²) in [7, 11) is 0. The second kappa shape index (κ2) is 5.71. The van der Waals surface area contributed by atoms with E-state index < -0.39 is 0 Å². The number of hydrogen-bond acceptors (Lipinski definition) is 4. The van der Waals surface area contributed by atoms with Crippen LogP contribution in [0.4, 0.5) is 0 Å². The van der Waals surface area contributed by atoms with E-state index in [-0.39, 0.29) is 11.1 Å². The Kier molecular flexibility index (Phi) is 3.78. The van der Waals surface area contributed by atoms with Gasteiger partial charge in [-0.3, -0.25) is 10.2 Å². The van der Waals surface area contributed by atoms with Crippen LogP contribution in [0, 0.1) is 5.41 Å². The van der Waals surface area contributed by atoms with E-state index in [4.69, 9.17) is 10.1 Å². The maximum absolute atomic E-state index is 11.5. The Morgan fingerprint density at radius 3 is 2.55 bits per heavy atom. The number of nitrogens with one attached hydrogen (secondary N) is 2. The molecule has 20 heavy (non-hydrogen) atoms. The average molecular weight is 288 g/mol. The zero-order valence-electron chi connectivity index (χ0n) is 11.0. The molecule has 0 unspecified atom stereocenters. The van der Waals surface area contributed by atoms with Crippen molar-refractivity contribution in [3.05, 3.63) is 34.7 Å². The highest BCUT2D eigenvalue weighted by molar-refractivity contribution is 8.18. The SMILES string of the molecule is N=C1NC(=O)C(=Cc2ccc(OC3CCCC3)cc2)S1. The molecule has 1 aromatic rings. The number of amides is 1. The summed E-state index contributed by atoms with van der Waals surface area (Å²) < 4.78 is 5.90. The summed E-state index contributed by atoms with van der Waals surface area (Å²) in [6.07, 6.45) is 6.95. The Balaban J connectivity index is 1.68. The number of thioether (sulfide) groups is 1. The second-order valence-electron chi connectivity index (χ2n) is 4.99. The highest BCUT2D eigenvalue weighted by Gasteiger charge is 2.22. The van der Waals surface area contributed by atoms with E-state index in [9.17, 15) is 4.79 Å². The van der Waals surface area contributed by atoms with Crippen molar-refractivity contribution in [1.29, 1.82) is 5.41 Å². The van der Waals surface area contributed by atoms with Crippen LogP contribution in [0.3, 0.4) is 0 Å². The van der Waals surface area contributed by atoms with Crippen LogP contribution in [0.5, 0.6) is 5.75 Å². The van der Waals surface area contributed by atoms with Crippen molar-refractivity contribution in [2.24, 2.45) is 0 Å². The molecule has 3 rings (SSSR count). The largest absolute Gasteiger partial charge is 0.490 e. The summed E-state index contributed by atoms with van der Waals surface area (Å²) in [5.74, 6) is 0.682. The van der Waals surface area contributed by atoms with E-state index >= 15 is 0 Å². The summed E-state index contributed by atoms with van der Waals surface area (Å²) in [4.78, 5) is 12.1. The molecule has 1 saturated heterocycles. The summed E-state index contributed by atoms with van der Waals surface area (Å²) in [5.41, 5.74) is 0.941. The number of rotatable bonds is 3. The summed E-state index contributed by atoms with van der Waals surface area (Å²) in [5, 5.41) is 10.0. The smallest absolute Gasteiger partial charge is 0.264 e. The molecule has 1 aliphatic carbocycles. The molecule has 0 atom stereocenters. The molecule has 0 spiro atoms. The molecule has 1 heterocycles. The van der Waals surface area contributed by atoms with E-state index in [1.807, 2.05) is 24.3 Å². The highest BCUT2D eigenvalue weighted by Crippen LogP contribution is 2.27. The van der Waals surface area contributed by atoms with E-state index in [1.165, 1.54) is 12.8 Å². The zero-order chi connectivity index (χ0) is 13.9. The van der Waals surface area contributed by atoms with Gasteiger partial charge in [-0.05, 0) is 61.2 Å². The third kappa shape index (κ3) is 3.04. The first-order chi connectivity index (χ1) is 9.70. The Morgan fingerprint density at radius 1 is 1.25 bits per heavy atom. The summed E-state index contributed by atoms with van der Waals surface area (Å²) in [6, 6.07) is 7.75. The Labute approximate surface area is 122 Å². The lowest BCUT2D eigenvalue weighted by atomic mass is 10.2. The standard InChI is InChI=1S/C15H16N2O2S/c16-15-17-14(18)13(20-15)9-10-5-7-12(8-6-10)19-11-3-1-2-4-11/h5-9,11H,1-4H2,(H2,16,17,18). The van der Waals surface area contributed by atoms with Gasteiger partial charge in [-0.2, -0.15) is 0 Å². The number of carbonyl (C=O) groups excluding carboxylic acids is 1. The average Bonchev–Trinajstić information content (AvgIpc) is 3.03. The maximum atomic E-state index is 11.5. The predicted octanol–water partition coefficient (Wildman–Crippen LogP) is 3.15. The number of hydrogen-bond donors (Lipinski definition) is 2. The van der Waals surface area contributed by atoms with Gasteiger partial charge >= 0.3 is 0 Å². The molecule has 0 radical (unpaired) electrons. The normalized spacial score (nSPS) is 21.5. The summed E-state index contributed by atoms with van der Waals surface area (Å²) in [6.45, 7) is 0. The van der Waals surface area contributed by atoms with Crippen molar-refractivity contribution >= 4 is 28.9 Å². The van der Waals surface area contributed by atoms with E-state index in [0.29, 0.717) is 11.0 Å². The molecule has 4 nitrogen and oxygen atoms in total. The minimum Gasteiger partial charge on any atom is -0.490 e. The third-order valence-corrected chi connectivity index (χ3v) is 4.28. The van der Waals surface area contributed by atoms with E-state index in [1.54, 1.807) is 6.08 Å². The van der Waals surface area contributed by atoms with Gasteiger partial charge in [0.05, 0.1) is 11.0 Å². The molecule has 1 aromatic carbocycles. The zero-order valence-corrected chi connectivity index (χ0v) is 11.8. The van der Waals surface area contributed by atoms with Gasteiger partial charge in [0.1, 0.15) is 5.75 Å². The molecule has 5 heteroatoms. The fourth-order valence-corrected chi connectivity index (χ4v) is 3.14. The van der Waals surface area contributed by atoms with Gasteiger partial charge in [0.25, 0.3) is 5.91 Å². The number of amidine groups is 1. The lowest BCUT2D eigenvalue weighted by molar-refractivity contribution is -0.115. The van der Waals surface area contributed by atoms with Crippen molar-refractivity contribution in [1.82, 2.24) is 5.32 Å². The second-order valence-corrected chi connectivity index (χ2v) is 6.04. The predicted molar refractivity (Wildman–Crippen MR) is 80.8 cm³/mol. The molecular formula is C15H16N2O2S. The molecule has 2 fully saturated rings. The van der Waals surface area contributed by atoms with Crippen LogP contribution in [0.15, 0.2) is 29.2 Å². The number of carbonyl (C=O) groups is 1. The van der Waals surface area contributed by atoms with Crippen molar-refractivity contribution in [3.8, 4) is 5.75 Å². The van der Waals surface area contributed by atoms with Crippen LogP contribution >= 0.6 is 11.8 Å². The maximum Gasteiger partial charge on any atom is 0.264 e. The van der Waals surface area contributed by atoms with Crippen LogP contribution in [0.25, 0.3) is 6.08 Å². The first-order valence-corrected chi connectivity index (χ1v) is 7.58. The van der Waals surface area contributed by atoms with Crippen LogP contribution in [0.1, 0.15) is 31.2 Å². The molecule has 2 aliphatic rings. The molecular weight excluding hydrogens is 272 g/mol. The molecule has 104 valence electrons. The Morgan fingerprint density at radius 2 is 1.95 bits per heavy atom. The van der Waals surface area contributed by atoms with Crippen LogP contribution in [-0.2, 0) is 4.79 Å². The van der Waals surface area contributed by atoms with Crippen molar-refractivity contribution < 1.29 is 9.53 Å². The van der Waals surface area contributed by atoms with Gasteiger partial charge in [0, 0.05) is 0 Å².